The third-order valence-electron chi connectivity index (χ3n) is 24.5. The van der Waals surface area contributed by atoms with Crippen LogP contribution in [0.5, 0.6) is 0 Å². The number of benzene rings is 21. The van der Waals surface area contributed by atoms with E-state index in [9.17, 15) is 0 Å². The average Bonchev–Trinajstić information content (AvgIpc) is 1.57. The molecule has 9 nitrogen and oxygen atoms in total. The molecule has 0 saturated carbocycles. The Kier molecular flexibility index (Phi) is 17.6. The van der Waals surface area contributed by atoms with E-state index in [0.29, 0.717) is 35.1 Å². The molecular weight excluding hydrogens is 1540 g/mol. The Labute approximate surface area is 722 Å². The van der Waals surface area contributed by atoms with Gasteiger partial charge in [0.2, 0.25) is 5.95 Å². The molecule has 0 unspecified atom stereocenters. The molecule has 5 heterocycles. The monoisotopic (exact) mass is 1610 g/mol. The molecule has 26 rings (SSSR count). The van der Waals surface area contributed by atoms with Gasteiger partial charge in [-0.1, -0.05) is 358 Å². The maximum atomic E-state index is 5.16. The fourth-order valence-corrected chi connectivity index (χ4v) is 19.9. The summed E-state index contributed by atoms with van der Waals surface area (Å²) >= 11 is 1.84. The Hall–Kier alpha value is -16.5. The minimum Gasteiger partial charge on any atom is -0.292 e. The van der Waals surface area contributed by atoms with Crippen molar-refractivity contribution in [2.45, 2.75) is 0 Å². The maximum absolute atomic E-state index is 5.16. The van der Waals surface area contributed by atoms with Gasteiger partial charge in [0, 0.05) is 75.4 Å². The van der Waals surface area contributed by atoms with E-state index in [1.165, 1.54) is 139 Å². The highest BCUT2D eigenvalue weighted by atomic mass is 32.1. The molecule has 0 radical (unpaired) electrons. The Balaban J connectivity index is 0.000000105. The molecule has 0 aliphatic heterocycles. The van der Waals surface area contributed by atoms with Gasteiger partial charge in [0.25, 0.3) is 0 Å². The van der Waals surface area contributed by atoms with E-state index in [1.54, 1.807) is 0 Å². The van der Waals surface area contributed by atoms with Gasteiger partial charge < -0.3 is 0 Å². The average molecular weight is 1610 g/mol. The predicted octanol–water partition coefficient (Wildman–Crippen LogP) is 30.3. The molecule has 0 fully saturated rings. The highest BCUT2D eigenvalue weighted by Crippen LogP contribution is 2.47. The Morgan fingerprint density at radius 1 is 0.176 bits per heavy atom. The number of imidazole rings is 1. The van der Waals surface area contributed by atoms with Crippen LogP contribution in [0.2, 0.25) is 0 Å². The number of nitrogens with zero attached hydrogens (tertiary/aromatic N) is 9. The topological polar surface area (TPSA) is 100 Å². The maximum Gasteiger partial charge on any atom is 0.238 e. The van der Waals surface area contributed by atoms with E-state index >= 15 is 0 Å². The van der Waals surface area contributed by atoms with Crippen LogP contribution in [0.15, 0.2) is 431 Å². The SMILES string of the molecule is c1ccc(-c2nc(-c3ccccc3)nc(-c3ccc4sc5cc6c7ccccc7c7ccccc7c6cc5c4c3)n2)cc1.c1ccc(-c2nc(-c3ccccc3)nc(-n3c4ccccc4c4ccc5c6ccccc6c6ccccc6c5c43)n2)cc1.c1ccc(-n2c(-c3cccc(-c4ccc5c6ccccc6c6ccccc6c5c4)c3)nc3ccccc32)cc1. The van der Waals surface area contributed by atoms with Gasteiger partial charge in [-0.05, 0) is 175 Å². The molecule has 582 valence electrons. The summed E-state index contributed by atoms with van der Waals surface area (Å²) in [5.41, 5.74) is 13.7. The van der Waals surface area contributed by atoms with Gasteiger partial charge in [0.05, 0.1) is 22.1 Å². The van der Waals surface area contributed by atoms with Crippen molar-refractivity contribution in [1.29, 1.82) is 0 Å². The minimum absolute atomic E-state index is 0.601. The van der Waals surface area contributed by atoms with Crippen molar-refractivity contribution in [1.82, 2.24) is 44.0 Å². The van der Waals surface area contributed by atoms with Crippen molar-refractivity contribution in [2.24, 2.45) is 0 Å². The molecule has 0 atom stereocenters. The zero-order chi connectivity index (χ0) is 82.4. The van der Waals surface area contributed by atoms with Crippen molar-refractivity contribution >= 4 is 161 Å². The number of hydrogen-bond acceptors (Lipinski definition) is 8. The molecule has 125 heavy (non-hydrogen) atoms. The van der Waals surface area contributed by atoms with Crippen LogP contribution in [-0.2, 0) is 0 Å². The molecular formula is C115H71N9S. The molecule has 0 aliphatic carbocycles. The summed E-state index contributed by atoms with van der Waals surface area (Å²) in [6.07, 6.45) is 0. The van der Waals surface area contributed by atoms with Crippen LogP contribution >= 0.6 is 11.3 Å². The molecule has 0 bridgehead atoms. The first-order valence-electron chi connectivity index (χ1n) is 42.2. The predicted molar refractivity (Wildman–Crippen MR) is 524 cm³/mol. The minimum atomic E-state index is 0.601. The second-order valence-corrected chi connectivity index (χ2v) is 32.8. The van der Waals surface area contributed by atoms with Gasteiger partial charge in [0.1, 0.15) is 5.82 Å². The molecule has 21 aromatic carbocycles. The quantitative estimate of drug-likeness (QED) is 0.133. The van der Waals surface area contributed by atoms with Crippen molar-refractivity contribution < 1.29 is 0 Å². The Morgan fingerprint density at radius 2 is 0.512 bits per heavy atom. The van der Waals surface area contributed by atoms with Crippen LogP contribution in [0, 0.1) is 0 Å². The summed E-state index contributed by atoms with van der Waals surface area (Å²) in [4.78, 5) is 35.2. The second kappa shape index (κ2) is 30.3. The van der Waals surface area contributed by atoms with E-state index in [0.717, 1.165) is 67.0 Å². The zero-order valence-corrected chi connectivity index (χ0v) is 68.2. The van der Waals surface area contributed by atoms with Crippen LogP contribution in [0.1, 0.15) is 0 Å². The van der Waals surface area contributed by atoms with Crippen LogP contribution in [0.4, 0.5) is 0 Å². The molecule has 0 aliphatic rings. The smallest absolute Gasteiger partial charge is 0.238 e. The Morgan fingerprint density at radius 3 is 1.03 bits per heavy atom. The largest absolute Gasteiger partial charge is 0.292 e. The van der Waals surface area contributed by atoms with Gasteiger partial charge in [-0.3, -0.25) is 9.13 Å². The lowest BCUT2D eigenvalue weighted by Gasteiger charge is -2.14. The van der Waals surface area contributed by atoms with Gasteiger partial charge in [0.15, 0.2) is 29.1 Å². The number of para-hydroxylation sites is 4. The number of thiophene rings is 1. The van der Waals surface area contributed by atoms with E-state index in [1.807, 2.05) is 114 Å². The van der Waals surface area contributed by atoms with Gasteiger partial charge >= 0.3 is 0 Å². The number of aromatic nitrogens is 9. The zero-order valence-electron chi connectivity index (χ0n) is 67.4. The number of fused-ring (bicyclic) bond motifs is 26. The summed E-state index contributed by atoms with van der Waals surface area (Å²) in [5.74, 6) is 4.85. The third kappa shape index (κ3) is 12.6. The van der Waals surface area contributed by atoms with Crippen molar-refractivity contribution in [2.75, 3.05) is 0 Å². The number of hydrogen-bond donors (Lipinski definition) is 0. The summed E-state index contributed by atoms with van der Waals surface area (Å²) in [6, 6.07) is 152. The molecule has 0 N–H and O–H groups in total. The molecule has 5 aromatic heterocycles. The van der Waals surface area contributed by atoms with Crippen LogP contribution < -0.4 is 0 Å². The van der Waals surface area contributed by atoms with Crippen molar-refractivity contribution in [3.05, 3.63) is 431 Å². The lowest BCUT2D eigenvalue weighted by atomic mass is 9.92. The third-order valence-corrected chi connectivity index (χ3v) is 25.6. The van der Waals surface area contributed by atoms with E-state index in [2.05, 4.69) is 337 Å². The van der Waals surface area contributed by atoms with Crippen molar-refractivity contribution in [3.8, 4) is 91.1 Å². The van der Waals surface area contributed by atoms with Crippen molar-refractivity contribution in [3.63, 3.8) is 0 Å². The van der Waals surface area contributed by atoms with E-state index in [4.69, 9.17) is 34.9 Å². The molecule has 10 heteroatoms. The molecule has 26 aromatic rings. The highest BCUT2D eigenvalue weighted by molar-refractivity contribution is 7.26. The van der Waals surface area contributed by atoms with Gasteiger partial charge in [-0.25, -0.2) is 24.9 Å². The summed E-state index contributed by atoms with van der Waals surface area (Å²) < 4.78 is 7.04. The standard InChI is InChI=1S/C39H24N4.C39H23N3S.C37H24N2/c1-3-13-25(14-4-1)37-40-38(26-15-5-2-6-16-26)42-39(41-37)43-34-22-12-11-20-30(34)33-24-23-32-29-19-8-7-17-27(29)28-18-9-10-21-31(28)35(32)36(33)43;1-3-11-24(12-4-1)37-40-38(25-13-5-2-6-14-25)42-39(41-37)26-19-20-35-33(21-26)34-22-31-29-17-9-7-15-27(29)28-16-8-10-18-30(28)32(31)23-36(34)43-35;1-2-13-28(14-3-1)39-36-20-9-8-19-35(36)38-37(39)27-12-10-11-25(23-27)26-21-22-33-31-17-5-4-15-29(31)30-16-6-7-18-32(30)34(33)24-26/h1-24H;1-23H;1-24H. The van der Waals surface area contributed by atoms with Gasteiger partial charge in [-0.2, -0.15) is 9.97 Å². The Bertz CT molecular complexity index is 8610. The summed E-state index contributed by atoms with van der Waals surface area (Å²) in [7, 11) is 0. The fourth-order valence-electron chi connectivity index (χ4n) is 18.8. The van der Waals surface area contributed by atoms with Crippen LogP contribution in [0.25, 0.3) is 241 Å². The van der Waals surface area contributed by atoms with Crippen LogP contribution in [0.3, 0.4) is 0 Å². The summed E-state index contributed by atoms with van der Waals surface area (Å²) in [5, 5.41) is 27.7. The first kappa shape index (κ1) is 72.5. The first-order valence-corrected chi connectivity index (χ1v) is 43.0. The lowest BCUT2D eigenvalue weighted by Crippen LogP contribution is -2.06. The number of rotatable bonds is 9. The molecule has 0 saturated heterocycles. The second-order valence-electron chi connectivity index (χ2n) is 31.7. The van der Waals surface area contributed by atoms with E-state index < -0.39 is 0 Å². The lowest BCUT2D eigenvalue weighted by molar-refractivity contribution is 0.955. The fraction of sp³-hybridized carbons (Fsp3) is 0. The highest BCUT2D eigenvalue weighted by Gasteiger charge is 2.24. The molecule has 0 amide bonds. The molecule has 0 spiro atoms. The van der Waals surface area contributed by atoms with E-state index in [-0.39, 0.29) is 0 Å². The normalized spacial score (nSPS) is 11.7. The summed E-state index contributed by atoms with van der Waals surface area (Å²) in [6.45, 7) is 0. The van der Waals surface area contributed by atoms with Gasteiger partial charge in [-0.15, -0.1) is 11.3 Å². The first-order chi connectivity index (χ1) is 62.0. The van der Waals surface area contributed by atoms with Crippen LogP contribution in [-0.4, -0.2) is 44.0 Å².